The smallest absolute Gasteiger partial charge is 0.264 e. The van der Waals surface area contributed by atoms with E-state index in [-0.39, 0.29) is 12.0 Å². The van der Waals surface area contributed by atoms with Gasteiger partial charge in [0.2, 0.25) is 0 Å². The molecule has 0 aromatic carbocycles. The Balaban J connectivity index is 1.79. The van der Waals surface area contributed by atoms with Crippen LogP contribution < -0.4 is 0 Å². The summed E-state index contributed by atoms with van der Waals surface area (Å²) in [5.41, 5.74) is 1.99. The van der Waals surface area contributed by atoms with Crippen molar-refractivity contribution in [2.75, 3.05) is 13.1 Å². The fraction of sp³-hybridized carbons (Fsp3) is 0.467. The van der Waals surface area contributed by atoms with Gasteiger partial charge in [0.05, 0.1) is 15.9 Å². The molecule has 2 aromatic heterocycles. The number of rotatable bonds is 2. The van der Waals surface area contributed by atoms with Gasteiger partial charge in [-0.15, -0.1) is 11.3 Å². The Bertz CT molecular complexity index is 642. The monoisotopic (exact) mass is 305 g/mol. The van der Waals surface area contributed by atoms with Crippen LogP contribution in [0.5, 0.6) is 0 Å². The van der Waals surface area contributed by atoms with Crippen molar-refractivity contribution in [3.05, 3.63) is 28.8 Å². The summed E-state index contributed by atoms with van der Waals surface area (Å²) in [5, 5.41) is 14.1. The molecule has 0 spiro atoms. The van der Waals surface area contributed by atoms with E-state index >= 15 is 0 Å². The van der Waals surface area contributed by atoms with Crippen LogP contribution in [-0.2, 0) is 7.05 Å². The summed E-state index contributed by atoms with van der Waals surface area (Å²) in [6, 6.07) is 5.82. The van der Waals surface area contributed by atoms with Gasteiger partial charge in [-0.25, -0.2) is 0 Å². The second kappa shape index (κ2) is 5.61. The van der Waals surface area contributed by atoms with E-state index in [1.165, 1.54) is 11.3 Å². The van der Waals surface area contributed by atoms with Gasteiger partial charge in [0.1, 0.15) is 5.69 Å². The van der Waals surface area contributed by atoms with Crippen LogP contribution >= 0.6 is 11.3 Å². The molecular weight excluding hydrogens is 286 g/mol. The maximum atomic E-state index is 12.5. The number of aryl methyl sites for hydroxylation is 2. The van der Waals surface area contributed by atoms with E-state index in [0.29, 0.717) is 11.4 Å². The molecule has 1 N–H and O–H groups in total. The Labute approximate surface area is 127 Å². The van der Waals surface area contributed by atoms with Crippen molar-refractivity contribution in [1.82, 2.24) is 14.7 Å². The first kappa shape index (κ1) is 14.3. The van der Waals surface area contributed by atoms with Crippen LogP contribution in [0, 0.1) is 6.92 Å². The molecule has 1 unspecified atom stereocenters. The van der Waals surface area contributed by atoms with Crippen molar-refractivity contribution in [2.24, 2.45) is 7.05 Å². The van der Waals surface area contributed by atoms with Gasteiger partial charge < -0.3 is 10.0 Å². The molecule has 1 aliphatic rings. The highest BCUT2D eigenvalue weighted by atomic mass is 32.1. The lowest BCUT2D eigenvalue weighted by atomic mass is 10.1. The topological polar surface area (TPSA) is 58.4 Å². The van der Waals surface area contributed by atoms with E-state index in [2.05, 4.69) is 5.10 Å². The molecule has 5 nitrogen and oxygen atoms in total. The number of amides is 1. The van der Waals surface area contributed by atoms with Gasteiger partial charge in [0, 0.05) is 25.8 Å². The molecular formula is C15H19N3O2S. The first-order chi connectivity index (χ1) is 10.0. The van der Waals surface area contributed by atoms with Crippen molar-refractivity contribution in [3.8, 4) is 10.6 Å². The quantitative estimate of drug-likeness (QED) is 0.924. The average molecular weight is 305 g/mol. The van der Waals surface area contributed by atoms with E-state index in [9.17, 15) is 9.90 Å². The number of β-amino-alcohol motifs (C(OH)–C–C–N with tert-alkyl or cyclic N) is 1. The van der Waals surface area contributed by atoms with Crippen LogP contribution in [0.4, 0.5) is 0 Å². The van der Waals surface area contributed by atoms with Crippen molar-refractivity contribution < 1.29 is 9.90 Å². The summed E-state index contributed by atoms with van der Waals surface area (Å²) in [4.78, 5) is 15.9. The zero-order valence-corrected chi connectivity index (χ0v) is 13.1. The average Bonchev–Trinajstić information content (AvgIpc) is 3.06. The predicted molar refractivity (Wildman–Crippen MR) is 82.4 cm³/mol. The molecule has 1 fully saturated rings. The standard InChI is InChI=1S/C15H19N3O2S/c1-10-8-12(16-17(10)2)13-5-6-14(21-13)15(20)18-7-3-4-11(19)9-18/h5-6,8,11,19H,3-4,7,9H2,1-2H3. The number of aromatic nitrogens is 2. The number of hydrogen-bond acceptors (Lipinski definition) is 4. The predicted octanol–water partition coefficient (Wildman–Crippen LogP) is 2.05. The molecule has 1 saturated heterocycles. The third kappa shape index (κ3) is 2.87. The van der Waals surface area contributed by atoms with Gasteiger partial charge >= 0.3 is 0 Å². The largest absolute Gasteiger partial charge is 0.391 e. The Morgan fingerprint density at radius 2 is 2.29 bits per heavy atom. The first-order valence-corrected chi connectivity index (χ1v) is 7.94. The van der Waals surface area contributed by atoms with E-state index in [0.717, 1.165) is 35.7 Å². The molecule has 2 aromatic rings. The van der Waals surface area contributed by atoms with Gasteiger partial charge in [-0.1, -0.05) is 0 Å². The minimum absolute atomic E-state index is 0.0117. The normalized spacial score (nSPS) is 19.0. The van der Waals surface area contributed by atoms with Gasteiger partial charge in [0.15, 0.2) is 0 Å². The van der Waals surface area contributed by atoms with Gasteiger partial charge in [-0.05, 0) is 38.0 Å². The molecule has 1 atom stereocenters. The third-order valence-electron chi connectivity index (χ3n) is 3.87. The fourth-order valence-corrected chi connectivity index (χ4v) is 3.50. The molecule has 3 heterocycles. The van der Waals surface area contributed by atoms with Crippen LogP contribution in [0.25, 0.3) is 10.6 Å². The Morgan fingerprint density at radius 3 is 2.95 bits per heavy atom. The van der Waals surface area contributed by atoms with E-state index in [1.807, 2.05) is 36.9 Å². The maximum Gasteiger partial charge on any atom is 0.264 e. The molecule has 1 aliphatic heterocycles. The summed E-state index contributed by atoms with van der Waals surface area (Å²) < 4.78 is 1.83. The van der Waals surface area contributed by atoms with Crippen molar-refractivity contribution in [3.63, 3.8) is 0 Å². The summed E-state index contributed by atoms with van der Waals surface area (Å²) in [7, 11) is 1.91. The molecule has 112 valence electrons. The number of thiophene rings is 1. The van der Waals surface area contributed by atoms with Crippen molar-refractivity contribution >= 4 is 17.2 Å². The number of carbonyl (C=O) groups excluding carboxylic acids is 1. The number of likely N-dealkylation sites (tertiary alicyclic amines) is 1. The number of aliphatic hydroxyl groups excluding tert-OH is 1. The molecule has 6 heteroatoms. The SMILES string of the molecule is Cc1cc(-c2ccc(C(=O)N3CCCC(O)C3)s2)nn1C. The summed E-state index contributed by atoms with van der Waals surface area (Å²) >= 11 is 1.46. The molecule has 0 aliphatic carbocycles. The van der Waals surface area contributed by atoms with Crippen LogP contribution in [0.2, 0.25) is 0 Å². The molecule has 0 saturated carbocycles. The second-order valence-corrected chi connectivity index (χ2v) is 6.59. The van der Waals surface area contributed by atoms with E-state index < -0.39 is 0 Å². The lowest BCUT2D eigenvalue weighted by Crippen LogP contribution is -2.41. The lowest BCUT2D eigenvalue weighted by Gasteiger charge is -2.29. The summed E-state index contributed by atoms with van der Waals surface area (Å²) in [6.45, 7) is 3.17. The molecule has 0 radical (unpaired) electrons. The van der Waals surface area contributed by atoms with Gasteiger partial charge in [0.25, 0.3) is 5.91 Å². The fourth-order valence-electron chi connectivity index (χ4n) is 2.57. The Hall–Kier alpha value is -1.66. The minimum Gasteiger partial charge on any atom is -0.391 e. The molecule has 3 rings (SSSR count). The van der Waals surface area contributed by atoms with Crippen LogP contribution in [-0.4, -0.2) is 44.9 Å². The van der Waals surface area contributed by atoms with Crippen molar-refractivity contribution in [2.45, 2.75) is 25.9 Å². The zero-order valence-electron chi connectivity index (χ0n) is 12.2. The minimum atomic E-state index is -0.388. The van der Waals surface area contributed by atoms with Gasteiger partial charge in [-0.3, -0.25) is 9.48 Å². The second-order valence-electron chi connectivity index (χ2n) is 5.51. The highest BCUT2D eigenvalue weighted by molar-refractivity contribution is 7.17. The Kier molecular flexibility index (Phi) is 3.82. The van der Waals surface area contributed by atoms with Crippen molar-refractivity contribution in [1.29, 1.82) is 0 Å². The zero-order chi connectivity index (χ0) is 15.0. The third-order valence-corrected chi connectivity index (χ3v) is 4.96. The Morgan fingerprint density at radius 1 is 1.48 bits per heavy atom. The molecule has 21 heavy (non-hydrogen) atoms. The molecule has 0 bridgehead atoms. The van der Waals surface area contributed by atoms with Crippen LogP contribution in [0.1, 0.15) is 28.2 Å². The maximum absolute atomic E-state index is 12.5. The van der Waals surface area contributed by atoms with Crippen LogP contribution in [0.3, 0.4) is 0 Å². The number of piperidine rings is 1. The van der Waals surface area contributed by atoms with E-state index in [4.69, 9.17) is 0 Å². The summed E-state index contributed by atoms with van der Waals surface area (Å²) in [6.07, 6.45) is 1.26. The number of carbonyl (C=O) groups is 1. The lowest BCUT2D eigenvalue weighted by molar-refractivity contribution is 0.0478. The summed E-state index contributed by atoms with van der Waals surface area (Å²) in [5.74, 6) is 0.0117. The van der Waals surface area contributed by atoms with Crippen LogP contribution in [0.15, 0.2) is 18.2 Å². The number of hydrogen-bond donors (Lipinski definition) is 1. The highest BCUT2D eigenvalue weighted by Crippen LogP contribution is 2.28. The first-order valence-electron chi connectivity index (χ1n) is 7.13. The number of aliphatic hydroxyl groups is 1. The van der Waals surface area contributed by atoms with E-state index in [1.54, 1.807) is 4.90 Å². The molecule has 1 amide bonds. The highest BCUT2D eigenvalue weighted by Gasteiger charge is 2.24. The van der Waals surface area contributed by atoms with Gasteiger partial charge in [-0.2, -0.15) is 5.10 Å². The number of nitrogens with zero attached hydrogens (tertiary/aromatic N) is 3.